The molecule has 0 saturated heterocycles. The van der Waals surface area contributed by atoms with Gasteiger partial charge in [-0.15, -0.1) is 0 Å². The van der Waals surface area contributed by atoms with E-state index in [4.69, 9.17) is 16.3 Å². The monoisotopic (exact) mass is 451 g/mol. The highest BCUT2D eigenvalue weighted by molar-refractivity contribution is 6.32. The van der Waals surface area contributed by atoms with E-state index in [0.717, 1.165) is 22.0 Å². The maximum Gasteiger partial charge on any atom is 0.269 e. The first kappa shape index (κ1) is 21.3. The Morgan fingerprint density at radius 2 is 1.75 bits per heavy atom. The highest BCUT2D eigenvalue weighted by Crippen LogP contribution is 2.35. The summed E-state index contributed by atoms with van der Waals surface area (Å²) >= 11 is 6.43. The fourth-order valence-corrected chi connectivity index (χ4v) is 3.88. The Balaban J connectivity index is 1.57. The van der Waals surface area contributed by atoms with Gasteiger partial charge in [-0.1, -0.05) is 35.9 Å². The smallest absolute Gasteiger partial charge is 0.269 e. The molecule has 9 heteroatoms. The molecule has 0 bridgehead atoms. The fraction of sp³-hybridized carbons (Fsp3) is 0.130. The number of nitro benzene ring substituents is 1. The molecule has 0 saturated carbocycles. The van der Waals surface area contributed by atoms with Crippen LogP contribution >= 0.6 is 11.6 Å². The number of nitrogens with zero attached hydrogens (tertiary/aromatic N) is 2. The van der Waals surface area contributed by atoms with Crippen LogP contribution in [0.5, 0.6) is 5.75 Å². The third kappa shape index (κ3) is 4.55. The van der Waals surface area contributed by atoms with Gasteiger partial charge in [-0.2, -0.15) is 0 Å². The van der Waals surface area contributed by atoms with Crippen LogP contribution in [-0.2, 0) is 6.61 Å². The molecule has 0 aliphatic carbocycles. The van der Waals surface area contributed by atoms with Gasteiger partial charge < -0.3 is 9.72 Å². The highest BCUT2D eigenvalue weighted by Gasteiger charge is 2.24. The van der Waals surface area contributed by atoms with Gasteiger partial charge in [-0.05, 0) is 47.0 Å². The molecule has 8 nitrogen and oxygen atoms in total. The number of hydrogen-bond donors (Lipinski definition) is 1. The van der Waals surface area contributed by atoms with Crippen LogP contribution in [0.15, 0.2) is 72.9 Å². The van der Waals surface area contributed by atoms with Crippen LogP contribution in [0.2, 0.25) is 5.02 Å². The molecular weight excluding hydrogens is 434 g/mol. The van der Waals surface area contributed by atoms with Crippen LogP contribution in [0.4, 0.5) is 5.69 Å². The van der Waals surface area contributed by atoms with Crippen LogP contribution in [0.3, 0.4) is 0 Å². The largest absolute Gasteiger partial charge is 0.487 e. The molecule has 1 atom stereocenters. The molecule has 3 aromatic carbocycles. The molecule has 1 N–H and O–H groups in total. The molecule has 1 heterocycles. The van der Waals surface area contributed by atoms with Gasteiger partial charge >= 0.3 is 0 Å². The molecule has 0 aliphatic heterocycles. The molecule has 0 aliphatic rings. The van der Waals surface area contributed by atoms with E-state index in [-0.39, 0.29) is 23.8 Å². The summed E-state index contributed by atoms with van der Waals surface area (Å²) in [4.78, 5) is 24.5. The van der Waals surface area contributed by atoms with Crippen molar-refractivity contribution in [3.05, 3.63) is 115 Å². The third-order valence-corrected chi connectivity index (χ3v) is 5.52. The van der Waals surface area contributed by atoms with E-state index in [2.05, 4.69) is 4.98 Å². The average molecular weight is 452 g/mol. The second-order valence-electron chi connectivity index (χ2n) is 7.26. The van der Waals surface area contributed by atoms with Gasteiger partial charge in [-0.25, -0.2) is 0 Å². The third-order valence-electron chi connectivity index (χ3n) is 5.23. The summed E-state index contributed by atoms with van der Waals surface area (Å²) in [6.45, 7) is -0.0982. The van der Waals surface area contributed by atoms with Crippen molar-refractivity contribution >= 4 is 28.2 Å². The number of rotatable bonds is 8. The number of fused-ring (bicyclic) bond motifs is 1. The van der Waals surface area contributed by atoms with Crippen LogP contribution in [0.25, 0.3) is 10.9 Å². The van der Waals surface area contributed by atoms with Gasteiger partial charge in [0.05, 0.1) is 15.9 Å². The minimum absolute atomic E-state index is 0.00486. The van der Waals surface area contributed by atoms with Gasteiger partial charge in [0.15, 0.2) is 0 Å². The van der Waals surface area contributed by atoms with Gasteiger partial charge in [0.2, 0.25) is 6.54 Å². The van der Waals surface area contributed by atoms with Gasteiger partial charge in [0.1, 0.15) is 12.4 Å². The number of benzene rings is 3. The quantitative estimate of drug-likeness (QED) is 0.272. The fourth-order valence-electron chi connectivity index (χ4n) is 3.64. The first-order valence-corrected chi connectivity index (χ1v) is 10.1. The molecule has 4 rings (SSSR count). The number of hydrogen-bond acceptors (Lipinski definition) is 5. The second-order valence-corrected chi connectivity index (χ2v) is 7.67. The number of H-pyrrole nitrogens is 1. The zero-order valence-electron chi connectivity index (χ0n) is 16.7. The number of aromatic nitrogens is 1. The van der Waals surface area contributed by atoms with E-state index in [0.29, 0.717) is 16.3 Å². The topological polar surface area (TPSA) is 111 Å². The van der Waals surface area contributed by atoms with E-state index in [1.165, 1.54) is 12.1 Å². The zero-order chi connectivity index (χ0) is 22.7. The molecule has 0 radical (unpaired) electrons. The number of ether oxygens (including phenoxy) is 1. The number of nitro groups is 2. The molecule has 4 aromatic rings. The number of halogens is 1. The molecule has 32 heavy (non-hydrogen) atoms. The molecule has 0 amide bonds. The Hall–Kier alpha value is -3.91. The Kier molecular flexibility index (Phi) is 6.04. The minimum Gasteiger partial charge on any atom is -0.487 e. The van der Waals surface area contributed by atoms with Crippen molar-refractivity contribution in [1.82, 2.24) is 4.98 Å². The normalized spacial score (nSPS) is 11.9. The molecule has 0 unspecified atom stereocenters. The van der Waals surface area contributed by atoms with Gasteiger partial charge in [-0.3, -0.25) is 20.2 Å². The van der Waals surface area contributed by atoms with Gasteiger partial charge in [0.25, 0.3) is 5.69 Å². The predicted octanol–water partition coefficient (Wildman–Crippen LogP) is 5.72. The number of para-hydroxylation sites is 1. The summed E-state index contributed by atoms with van der Waals surface area (Å²) in [6.07, 6.45) is 1.80. The molecule has 0 fully saturated rings. The van der Waals surface area contributed by atoms with Crippen LogP contribution < -0.4 is 4.74 Å². The van der Waals surface area contributed by atoms with Crippen LogP contribution in [0.1, 0.15) is 22.6 Å². The first-order chi connectivity index (χ1) is 15.4. The standard InChI is InChI=1S/C23H18ClN3O5/c24-21-11-16(7-10-23(21)32-14-15-5-8-17(9-6-15)27(30)31)20(13-26(28)29)19-12-25-22-4-2-1-3-18(19)22/h1-12,20,25H,13-14H2/t20-/m1/s1. The first-order valence-electron chi connectivity index (χ1n) is 9.76. The lowest BCUT2D eigenvalue weighted by atomic mass is 9.91. The van der Waals surface area contributed by atoms with Crippen molar-refractivity contribution in [2.75, 3.05) is 6.54 Å². The lowest BCUT2D eigenvalue weighted by molar-refractivity contribution is -0.481. The van der Waals surface area contributed by atoms with E-state index in [1.54, 1.807) is 36.5 Å². The Bertz CT molecular complexity index is 1290. The van der Waals surface area contributed by atoms with Crippen molar-refractivity contribution < 1.29 is 14.6 Å². The second kappa shape index (κ2) is 9.07. The maximum atomic E-state index is 11.4. The van der Waals surface area contributed by atoms with Crippen LogP contribution in [-0.4, -0.2) is 21.4 Å². The summed E-state index contributed by atoms with van der Waals surface area (Å²) in [7, 11) is 0. The average Bonchev–Trinajstić information content (AvgIpc) is 3.21. The van der Waals surface area contributed by atoms with Crippen molar-refractivity contribution in [1.29, 1.82) is 0 Å². The zero-order valence-corrected chi connectivity index (χ0v) is 17.5. The van der Waals surface area contributed by atoms with Crippen molar-refractivity contribution in [2.24, 2.45) is 0 Å². The summed E-state index contributed by atoms with van der Waals surface area (Å²) in [5.74, 6) is -0.0603. The van der Waals surface area contributed by atoms with Crippen molar-refractivity contribution in [3.63, 3.8) is 0 Å². The van der Waals surface area contributed by atoms with E-state index in [1.807, 2.05) is 24.3 Å². The maximum absolute atomic E-state index is 11.4. The lowest BCUT2D eigenvalue weighted by Crippen LogP contribution is -2.13. The summed E-state index contributed by atoms with van der Waals surface area (Å²) in [6, 6.07) is 18.8. The summed E-state index contributed by atoms with van der Waals surface area (Å²) in [5.41, 5.74) is 3.20. The Labute approximate surface area is 187 Å². The van der Waals surface area contributed by atoms with Crippen LogP contribution in [0, 0.1) is 20.2 Å². The number of aromatic amines is 1. The number of nitrogens with one attached hydrogen (secondary N) is 1. The summed E-state index contributed by atoms with van der Waals surface area (Å²) < 4.78 is 5.76. The molecular formula is C23H18ClN3O5. The lowest BCUT2D eigenvalue weighted by Gasteiger charge is -2.15. The SMILES string of the molecule is O=[N+]([O-])C[C@H](c1ccc(OCc2ccc([N+](=O)[O-])cc2)c(Cl)c1)c1c[nH]c2ccccc12. The molecule has 162 valence electrons. The molecule has 0 spiro atoms. The van der Waals surface area contributed by atoms with E-state index >= 15 is 0 Å². The van der Waals surface area contributed by atoms with E-state index < -0.39 is 10.8 Å². The predicted molar refractivity (Wildman–Crippen MR) is 121 cm³/mol. The van der Waals surface area contributed by atoms with Crippen molar-refractivity contribution in [2.45, 2.75) is 12.5 Å². The van der Waals surface area contributed by atoms with E-state index in [9.17, 15) is 20.2 Å². The summed E-state index contributed by atoms with van der Waals surface area (Å²) in [5, 5.41) is 23.4. The molecule has 1 aromatic heterocycles. The Morgan fingerprint density at radius 1 is 1.00 bits per heavy atom. The Morgan fingerprint density at radius 3 is 2.44 bits per heavy atom. The number of non-ortho nitro benzene ring substituents is 1. The highest BCUT2D eigenvalue weighted by atomic mass is 35.5. The minimum atomic E-state index is -0.484. The van der Waals surface area contributed by atoms with Gasteiger partial charge in [0, 0.05) is 34.2 Å². The van der Waals surface area contributed by atoms with Crippen molar-refractivity contribution in [3.8, 4) is 5.75 Å².